The highest BCUT2D eigenvalue weighted by molar-refractivity contribution is 14.0. The summed E-state index contributed by atoms with van der Waals surface area (Å²) >= 11 is 0. The summed E-state index contributed by atoms with van der Waals surface area (Å²) in [4.78, 5) is 4.24. The molecule has 0 spiro atoms. The van der Waals surface area contributed by atoms with Gasteiger partial charge < -0.3 is 19.9 Å². The first-order valence-corrected chi connectivity index (χ1v) is 9.74. The van der Waals surface area contributed by atoms with Gasteiger partial charge in [-0.2, -0.15) is 0 Å². The number of hydrogen-bond acceptors (Lipinski definition) is 4. The van der Waals surface area contributed by atoms with Crippen LogP contribution in [-0.2, 0) is 13.0 Å². The smallest absolute Gasteiger partial charge is 0.191 e. The molecule has 0 atom stereocenters. The molecule has 0 aliphatic carbocycles. The van der Waals surface area contributed by atoms with Gasteiger partial charge in [0.15, 0.2) is 11.7 Å². The van der Waals surface area contributed by atoms with Crippen LogP contribution in [0.4, 0.5) is 0 Å². The van der Waals surface area contributed by atoms with E-state index >= 15 is 0 Å². The van der Waals surface area contributed by atoms with Crippen LogP contribution in [0.25, 0.3) is 0 Å². The lowest BCUT2D eigenvalue weighted by molar-refractivity contribution is 0.309. The Bertz CT molecular complexity index is 699. The van der Waals surface area contributed by atoms with Gasteiger partial charge in [-0.1, -0.05) is 44.5 Å². The summed E-state index contributed by atoms with van der Waals surface area (Å²) in [6.45, 7) is 8.49. The van der Waals surface area contributed by atoms with Crippen molar-refractivity contribution in [1.29, 1.82) is 0 Å². The van der Waals surface area contributed by atoms with Crippen LogP contribution in [0.15, 0.2) is 39.8 Å². The average Bonchev–Trinajstić information content (AvgIpc) is 3.15. The standard InChI is InChI=1S/C21H32N4O2.HI/c1-5-6-13-26-18-9-7-17(8-10-18)11-12-23-21(22-4)24-15-19-14-20(16(2)3)25-27-19;/h7-10,14,16H,5-6,11-13,15H2,1-4H3,(H2,22,23,24);1H. The zero-order chi connectivity index (χ0) is 19.5. The van der Waals surface area contributed by atoms with Crippen LogP contribution in [0.3, 0.4) is 0 Å². The van der Waals surface area contributed by atoms with E-state index in [4.69, 9.17) is 9.26 Å². The van der Waals surface area contributed by atoms with E-state index in [0.717, 1.165) is 55.6 Å². The highest BCUT2D eigenvalue weighted by Crippen LogP contribution is 2.14. The van der Waals surface area contributed by atoms with E-state index in [1.54, 1.807) is 7.05 Å². The van der Waals surface area contributed by atoms with Gasteiger partial charge in [0, 0.05) is 19.7 Å². The van der Waals surface area contributed by atoms with E-state index in [1.807, 2.05) is 18.2 Å². The zero-order valence-corrected chi connectivity index (χ0v) is 19.7. The van der Waals surface area contributed by atoms with Crippen LogP contribution >= 0.6 is 24.0 Å². The summed E-state index contributed by atoms with van der Waals surface area (Å²) in [6.07, 6.45) is 3.15. The second kappa shape index (κ2) is 13.4. The summed E-state index contributed by atoms with van der Waals surface area (Å²) in [5, 5.41) is 10.6. The van der Waals surface area contributed by atoms with Gasteiger partial charge in [0.25, 0.3) is 0 Å². The largest absolute Gasteiger partial charge is 0.494 e. The summed E-state index contributed by atoms with van der Waals surface area (Å²) in [6, 6.07) is 10.3. The Morgan fingerprint density at radius 1 is 1.21 bits per heavy atom. The maximum absolute atomic E-state index is 5.69. The Labute approximate surface area is 185 Å². The predicted molar refractivity (Wildman–Crippen MR) is 125 cm³/mol. The Hall–Kier alpha value is -1.77. The molecule has 0 amide bonds. The molecule has 1 aromatic heterocycles. The third-order valence-electron chi connectivity index (χ3n) is 4.22. The normalized spacial score (nSPS) is 11.2. The molecule has 2 N–H and O–H groups in total. The molecular weight excluding hydrogens is 467 g/mol. The average molecular weight is 500 g/mol. The Kier molecular flexibility index (Phi) is 11.6. The molecule has 1 heterocycles. The fraction of sp³-hybridized carbons (Fsp3) is 0.524. The van der Waals surface area contributed by atoms with Gasteiger partial charge in [-0.25, -0.2) is 0 Å². The molecule has 7 heteroatoms. The third kappa shape index (κ3) is 8.50. The van der Waals surface area contributed by atoms with Gasteiger partial charge in [0.2, 0.25) is 0 Å². The monoisotopic (exact) mass is 500 g/mol. The first-order chi connectivity index (χ1) is 13.1. The highest BCUT2D eigenvalue weighted by Gasteiger charge is 2.08. The molecule has 0 saturated heterocycles. The Morgan fingerprint density at radius 2 is 1.96 bits per heavy atom. The predicted octanol–water partition coefficient (Wildman–Crippen LogP) is 4.50. The van der Waals surface area contributed by atoms with Crippen LogP contribution in [0.5, 0.6) is 5.75 Å². The molecule has 1 aromatic carbocycles. The molecular formula is C21H33IN4O2. The van der Waals surface area contributed by atoms with E-state index in [1.165, 1.54) is 5.56 Å². The van der Waals surface area contributed by atoms with Crippen LogP contribution in [0.2, 0.25) is 0 Å². The molecule has 28 heavy (non-hydrogen) atoms. The number of benzene rings is 1. The van der Waals surface area contributed by atoms with Gasteiger partial charge >= 0.3 is 0 Å². The number of nitrogens with one attached hydrogen (secondary N) is 2. The van der Waals surface area contributed by atoms with E-state index in [9.17, 15) is 0 Å². The summed E-state index contributed by atoms with van der Waals surface area (Å²) in [5.41, 5.74) is 2.23. The van der Waals surface area contributed by atoms with Crippen molar-refractivity contribution >= 4 is 29.9 Å². The zero-order valence-electron chi connectivity index (χ0n) is 17.3. The number of ether oxygens (including phenoxy) is 1. The van der Waals surface area contributed by atoms with E-state index in [0.29, 0.717) is 12.5 Å². The van der Waals surface area contributed by atoms with Crippen LogP contribution in [0, 0.1) is 0 Å². The molecule has 0 aliphatic heterocycles. The van der Waals surface area contributed by atoms with Gasteiger partial charge in [-0.05, 0) is 36.5 Å². The maximum atomic E-state index is 5.69. The minimum Gasteiger partial charge on any atom is -0.494 e. The number of aliphatic imine (C=N–C) groups is 1. The summed E-state index contributed by atoms with van der Waals surface area (Å²) in [7, 11) is 1.76. The quantitative estimate of drug-likeness (QED) is 0.218. The van der Waals surface area contributed by atoms with Crippen molar-refractivity contribution in [3.8, 4) is 5.75 Å². The molecule has 0 unspecified atom stereocenters. The number of rotatable bonds is 10. The van der Waals surface area contributed by atoms with Gasteiger partial charge in [0.1, 0.15) is 5.75 Å². The highest BCUT2D eigenvalue weighted by atomic mass is 127. The molecule has 0 aliphatic rings. The lowest BCUT2D eigenvalue weighted by atomic mass is 10.1. The first-order valence-electron chi connectivity index (χ1n) is 9.74. The van der Waals surface area contributed by atoms with E-state index in [2.05, 4.69) is 53.7 Å². The fourth-order valence-electron chi connectivity index (χ4n) is 2.49. The summed E-state index contributed by atoms with van der Waals surface area (Å²) < 4.78 is 11.0. The number of aromatic nitrogens is 1. The van der Waals surface area contributed by atoms with Crippen molar-refractivity contribution in [2.75, 3.05) is 20.2 Å². The molecule has 0 saturated carbocycles. The molecule has 2 rings (SSSR count). The van der Waals surface area contributed by atoms with Gasteiger partial charge in [-0.15, -0.1) is 24.0 Å². The molecule has 0 fully saturated rings. The number of halogens is 1. The molecule has 0 radical (unpaired) electrons. The molecule has 0 bridgehead atoms. The lowest BCUT2D eigenvalue weighted by Crippen LogP contribution is -2.37. The Morgan fingerprint density at radius 3 is 2.57 bits per heavy atom. The van der Waals surface area contributed by atoms with Gasteiger partial charge in [0.05, 0.1) is 18.8 Å². The first kappa shape index (κ1) is 24.3. The SMILES string of the molecule is CCCCOc1ccc(CCNC(=NC)NCc2cc(C(C)C)no2)cc1.I. The number of guanidine groups is 1. The molecule has 6 nitrogen and oxygen atoms in total. The van der Waals surface area contributed by atoms with E-state index < -0.39 is 0 Å². The minimum atomic E-state index is 0. The Balaban J connectivity index is 0.00000392. The molecule has 2 aromatic rings. The minimum absolute atomic E-state index is 0. The number of hydrogen-bond donors (Lipinski definition) is 2. The van der Waals surface area contributed by atoms with Crippen molar-refractivity contribution in [2.45, 2.75) is 52.5 Å². The number of nitrogens with zero attached hydrogens (tertiary/aromatic N) is 2. The van der Waals surface area contributed by atoms with Crippen molar-refractivity contribution in [1.82, 2.24) is 15.8 Å². The van der Waals surface area contributed by atoms with Crippen molar-refractivity contribution in [2.24, 2.45) is 4.99 Å². The fourth-order valence-corrected chi connectivity index (χ4v) is 2.49. The maximum Gasteiger partial charge on any atom is 0.191 e. The lowest BCUT2D eigenvalue weighted by Gasteiger charge is -2.11. The van der Waals surface area contributed by atoms with Crippen LogP contribution < -0.4 is 15.4 Å². The van der Waals surface area contributed by atoms with Crippen molar-refractivity contribution in [3.63, 3.8) is 0 Å². The van der Waals surface area contributed by atoms with E-state index in [-0.39, 0.29) is 24.0 Å². The topological polar surface area (TPSA) is 71.7 Å². The number of unbranched alkanes of at least 4 members (excludes halogenated alkanes) is 1. The second-order valence-electron chi connectivity index (χ2n) is 6.82. The summed E-state index contributed by atoms with van der Waals surface area (Å²) in [5.74, 6) is 2.85. The third-order valence-corrected chi connectivity index (χ3v) is 4.22. The van der Waals surface area contributed by atoms with Crippen LogP contribution in [0.1, 0.15) is 56.5 Å². The molecule has 156 valence electrons. The van der Waals surface area contributed by atoms with Crippen LogP contribution in [-0.4, -0.2) is 31.3 Å². The van der Waals surface area contributed by atoms with Crippen molar-refractivity contribution < 1.29 is 9.26 Å². The van der Waals surface area contributed by atoms with Crippen molar-refractivity contribution in [3.05, 3.63) is 47.3 Å². The second-order valence-corrected chi connectivity index (χ2v) is 6.82. The van der Waals surface area contributed by atoms with Gasteiger partial charge in [-0.3, -0.25) is 4.99 Å².